The Labute approximate surface area is 157 Å². The van der Waals surface area contributed by atoms with E-state index in [1.165, 1.54) is 12.0 Å². The van der Waals surface area contributed by atoms with Crippen molar-refractivity contribution >= 4 is 5.91 Å². The maximum Gasteiger partial charge on any atom is 0.237 e. The van der Waals surface area contributed by atoms with E-state index in [9.17, 15) is 4.79 Å². The van der Waals surface area contributed by atoms with Gasteiger partial charge >= 0.3 is 0 Å². The van der Waals surface area contributed by atoms with Gasteiger partial charge in [0, 0.05) is 18.6 Å². The minimum Gasteiger partial charge on any atom is -0.493 e. The summed E-state index contributed by atoms with van der Waals surface area (Å²) in [5, 5.41) is 0. The molecule has 0 spiro atoms. The van der Waals surface area contributed by atoms with Crippen molar-refractivity contribution in [2.75, 3.05) is 33.9 Å². The molecule has 5 heteroatoms. The number of rotatable bonds is 6. The fourth-order valence-electron chi connectivity index (χ4n) is 4.47. The third-order valence-corrected chi connectivity index (χ3v) is 5.91. The first kappa shape index (κ1) is 19.0. The van der Waals surface area contributed by atoms with Crippen molar-refractivity contribution in [2.24, 2.45) is 0 Å². The van der Waals surface area contributed by atoms with Crippen molar-refractivity contribution in [3.63, 3.8) is 0 Å². The molecule has 2 heterocycles. The molecule has 2 fully saturated rings. The summed E-state index contributed by atoms with van der Waals surface area (Å²) in [5.74, 6) is 1.80. The maximum absolute atomic E-state index is 13.0. The molecule has 1 amide bonds. The Kier molecular flexibility index (Phi) is 6.41. The Morgan fingerprint density at radius 3 is 2.62 bits per heavy atom. The molecule has 2 atom stereocenters. The number of nitrogens with zero attached hydrogens (tertiary/aromatic N) is 2. The van der Waals surface area contributed by atoms with Crippen LogP contribution in [-0.2, 0) is 4.79 Å². The van der Waals surface area contributed by atoms with Crippen LogP contribution in [0.3, 0.4) is 0 Å². The number of likely N-dealkylation sites (tertiary alicyclic amines) is 2. The van der Waals surface area contributed by atoms with E-state index in [1.807, 2.05) is 6.07 Å². The third-order valence-electron chi connectivity index (χ3n) is 5.91. The number of hydrogen-bond donors (Lipinski definition) is 0. The summed E-state index contributed by atoms with van der Waals surface area (Å²) in [7, 11) is 3.32. The van der Waals surface area contributed by atoms with Crippen molar-refractivity contribution in [1.29, 1.82) is 0 Å². The molecule has 1 aromatic carbocycles. The van der Waals surface area contributed by atoms with E-state index in [0.717, 1.165) is 56.7 Å². The molecule has 0 bridgehead atoms. The molecule has 144 valence electrons. The van der Waals surface area contributed by atoms with Crippen LogP contribution in [0.5, 0.6) is 11.5 Å². The number of benzene rings is 1. The Bertz CT molecular complexity index is 619. The van der Waals surface area contributed by atoms with Crippen LogP contribution in [0.1, 0.15) is 57.1 Å². The SMILES string of the molecule is CC[C@H]1CCCCN1C(=O)CN1CCC[C@H]1c1ccc(OC)c(OC)c1. The van der Waals surface area contributed by atoms with Gasteiger partial charge in [0.15, 0.2) is 11.5 Å². The highest BCUT2D eigenvalue weighted by molar-refractivity contribution is 5.78. The summed E-state index contributed by atoms with van der Waals surface area (Å²) in [6, 6.07) is 6.83. The first-order chi connectivity index (χ1) is 12.7. The van der Waals surface area contributed by atoms with Crippen LogP contribution in [0.25, 0.3) is 0 Å². The number of carbonyl (C=O) groups excluding carboxylic acids is 1. The molecule has 0 unspecified atom stereocenters. The highest BCUT2D eigenvalue weighted by Crippen LogP contribution is 2.37. The lowest BCUT2D eigenvalue weighted by Crippen LogP contribution is -2.47. The van der Waals surface area contributed by atoms with E-state index < -0.39 is 0 Å². The summed E-state index contributed by atoms with van der Waals surface area (Å²) in [6.45, 7) is 4.62. The van der Waals surface area contributed by atoms with Crippen LogP contribution in [0, 0.1) is 0 Å². The van der Waals surface area contributed by atoms with Crippen LogP contribution in [0.2, 0.25) is 0 Å². The van der Waals surface area contributed by atoms with Crippen LogP contribution < -0.4 is 9.47 Å². The lowest BCUT2D eigenvalue weighted by Gasteiger charge is -2.37. The molecule has 2 aliphatic rings. The second-order valence-corrected chi connectivity index (χ2v) is 7.39. The smallest absolute Gasteiger partial charge is 0.237 e. The van der Waals surface area contributed by atoms with Gasteiger partial charge in [-0.05, 0) is 62.8 Å². The van der Waals surface area contributed by atoms with Gasteiger partial charge in [-0.15, -0.1) is 0 Å². The first-order valence-corrected chi connectivity index (χ1v) is 9.93. The van der Waals surface area contributed by atoms with Crippen molar-refractivity contribution in [2.45, 2.75) is 57.5 Å². The van der Waals surface area contributed by atoms with Crippen LogP contribution in [-0.4, -0.2) is 55.6 Å². The molecule has 2 aliphatic heterocycles. The second kappa shape index (κ2) is 8.76. The molecule has 0 aromatic heterocycles. The fraction of sp³-hybridized carbons (Fsp3) is 0.667. The first-order valence-electron chi connectivity index (χ1n) is 9.93. The summed E-state index contributed by atoms with van der Waals surface area (Å²) in [5.41, 5.74) is 1.21. The van der Waals surface area contributed by atoms with Gasteiger partial charge in [-0.2, -0.15) is 0 Å². The minimum atomic E-state index is 0.281. The largest absolute Gasteiger partial charge is 0.493 e. The lowest BCUT2D eigenvalue weighted by molar-refractivity contribution is -0.136. The number of piperidine rings is 1. The van der Waals surface area contributed by atoms with Gasteiger partial charge in [-0.25, -0.2) is 0 Å². The zero-order chi connectivity index (χ0) is 18.5. The van der Waals surface area contributed by atoms with E-state index in [-0.39, 0.29) is 6.04 Å². The molecule has 2 saturated heterocycles. The summed E-state index contributed by atoms with van der Waals surface area (Å²) in [4.78, 5) is 17.4. The quantitative estimate of drug-likeness (QED) is 0.777. The van der Waals surface area contributed by atoms with Crippen molar-refractivity contribution in [3.05, 3.63) is 23.8 Å². The number of methoxy groups -OCH3 is 2. The average molecular weight is 360 g/mol. The molecular formula is C21H32N2O3. The number of amides is 1. The van der Waals surface area contributed by atoms with Gasteiger partial charge in [-0.1, -0.05) is 13.0 Å². The molecule has 0 radical (unpaired) electrons. The van der Waals surface area contributed by atoms with Crippen molar-refractivity contribution < 1.29 is 14.3 Å². The highest BCUT2D eigenvalue weighted by Gasteiger charge is 2.32. The van der Waals surface area contributed by atoms with E-state index in [1.54, 1.807) is 14.2 Å². The maximum atomic E-state index is 13.0. The highest BCUT2D eigenvalue weighted by atomic mass is 16.5. The van der Waals surface area contributed by atoms with Gasteiger partial charge in [0.25, 0.3) is 0 Å². The standard InChI is InChI=1S/C21H32N2O3/c1-4-17-8-5-6-13-23(17)21(24)15-22-12-7-9-18(22)16-10-11-19(25-2)20(14-16)26-3/h10-11,14,17-18H,4-9,12-13,15H2,1-3H3/t17-,18-/m0/s1. The molecule has 3 rings (SSSR count). The zero-order valence-electron chi connectivity index (χ0n) is 16.4. The third kappa shape index (κ3) is 3.98. The normalized spacial score (nSPS) is 23.9. The molecule has 5 nitrogen and oxygen atoms in total. The van der Waals surface area contributed by atoms with Crippen molar-refractivity contribution in [1.82, 2.24) is 9.80 Å². The van der Waals surface area contributed by atoms with Gasteiger partial charge in [0.1, 0.15) is 0 Å². The Balaban J connectivity index is 1.71. The summed E-state index contributed by atoms with van der Waals surface area (Å²) in [6.07, 6.45) is 6.82. The lowest BCUT2D eigenvalue weighted by atomic mass is 9.99. The topological polar surface area (TPSA) is 42.0 Å². The second-order valence-electron chi connectivity index (χ2n) is 7.39. The number of carbonyl (C=O) groups is 1. The zero-order valence-corrected chi connectivity index (χ0v) is 16.4. The molecular weight excluding hydrogens is 328 g/mol. The molecule has 0 N–H and O–H groups in total. The van der Waals surface area contributed by atoms with Crippen LogP contribution >= 0.6 is 0 Å². The predicted molar refractivity (Wildman–Crippen MR) is 103 cm³/mol. The summed E-state index contributed by atoms with van der Waals surface area (Å²) < 4.78 is 10.8. The molecule has 1 aromatic rings. The number of hydrogen-bond acceptors (Lipinski definition) is 4. The van der Waals surface area contributed by atoms with E-state index in [4.69, 9.17) is 9.47 Å². The monoisotopic (exact) mass is 360 g/mol. The Morgan fingerprint density at radius 1 is 1.08 bits per heavy atom. The van der Waals surface area contributed by atoms with Gasteiger partial charge in [0.05, 0.1) is 20.8 Å². The van der Waals surface area contributed by atoms with Gasteiger partial charge in [0.2, 0.25) is 5.91 Å². The molecule has 0 aliphatic carbocycles. The van der Waals surface area contributed by atoms with Crippen molar-refractivity contribution in [3.8, 4) is 11.5 Å². The molecule has 26 heavy (non-hydrogen) atoms. The predicted octanol–water partition coefficient (Wildman–Crippen LogP) is 3.63. The van der Waals surface area contributed by atoms with Gasteiger partial charge < -0.3 is 14.4 Å². The fourth-order valence-corrected chi connectivity index (χ4v) is 4.47. The average Bonchev–Trinajstić information content (AvgIpc) is 3.15. The molecule has 0 saturated carbocycles. The van der Waals surface area contributed by atoms with E-state index in [2.05, 4.69) is 28.9 Å². The van der Waals surface area contributed by atoms with Crippen LogP contribution in [0.15, 0.2) is 18.2 Å². The number of ether oxygens (including phenoxy) is 2. The minimum absolute atomic E-state index is 0.281. The summed E-state index contributed by atoms with van der Waals surface area (Å²) >= 11 is 0. The van der Waals surface area contributed by atoms with E-state index in [0.29, 0.717) is 18.5 Å². The Morgan fingerprint density at radius 2 is 1.88 bits per heavy atom. The van der Waals surface area contributed by atoms with E-state index >= 15 is 0 Å². The van der Waals surface area contributed by atoms with Crippen LogP contribution in [0.4, 0.5) is 0 Å². The van der Waals surface area contributed by atoms with Gasteiger partial charge in [-0.3, -0.25) is 9.69 Å². The Hall–Kier alpha value is -1.75.